The van der Waals surface area contributed by atoms with Crippen LogP contribution in [0.15, 0.2) is 48.5 Å². The Hall–Kier alpha value is -2.81. The SMILES string of the molecule is Cl.Cl.N=C(N)Nc1ccc(C(=O)Oc2ccc(C(=O)N3CCNCC3)cc2)cc1. The van der Waals surface area contributed by atoms with Crippen molar-refractivity contribution < 1.29 is 14.3 Å². The van der Waals surface area contributed by atoms with Gasteiger partial charge in [0.05, 0.1) is 5.56 Å². The van der Waals surface area contributed by atoms with Crippen LogP contribution in [0.25, 0.3) is 0 Å². The molecule has 156 valence electrons. The summed E-state index contributed by atoms with van der Waals surface area (Å²) in [6.45, 7) is 2.96. The molecule has 0 unspecified atom stereocenters. The third-order valence-electron chi connectivity index (χ3n) is 4.12. The number of hydrogen-bond donors (Lipinski definition) is 4. The number of anilines is 1. The molecule has 29 heavy (non-hydrogen) atoms. The van der Waals surface area contributed by atoms with Gasteiger partial charge < -0.3 is 26.0 Å². The van der Waals surface area contributed by atoms with Gasteiger partial charge in [-0.3, -0.25) is 10.2 Å². The first kappa shape index (κ1) is 24.2. The van der Waals surface area contributed by atoms with Crippen LogP contribution in [0.3, 0.4) is 0 Å². The van der Waals surface area contributed by atoms with Crippen molar-refractivity contribution >= 4 is 48.3 Å². The topological polar surface area (TPSA) is 121 Å². The molecule has 2 aromatic rings. The molecular weight excluding hydrogens is 417 g/mol. The molecule has 1 aliphatic heterocycles. The summed E-state index contributed by atoms with van der Waals surface area (Å²) in [5.41, 5.74) is 6.79. The number of ether oxygens (including phenoxy) is 1. The van der Waals surface area contributed by atoms with Gasteiger partial charge >= 0.3 is 5.97 Å². The summed E-state index contributed by atoms with van der Waals surface area (Å²) in [4.78, 5) is 26.4. The van der Waals surface area contributed by atoms with Crippen molar-refractivity contribution in [2.24, 2.45) is 5.73 Å². The quantitative estimate of drug-likeness (QED) is 0.250. The van der Waals surface area contributed by atoms with E-state index in [4.69, 9.17) is 15.9 Å². The minimum Gasteiger partial charge on any atom is -0.423 e. The van der Waals surface area contributed by atoms with Crippen LogP contribution < -0.4 is 21.1 Å². The summed E-state index contributed by atoms with van der Waals surface area (Å²) in [5.74, 6) is -0.350. The average Bonchev–Trinajstić information content (AvgIpc) is 2.69. The lowest BCUT2D eigenvalue weighted by atomic mass is 10.1. The Morgan fingerprint density at radius 2 is 1.52 bits per heavy atom. The fourth-order valence-electron chi connectivity index (χ4n) is 2.73. The van der Waals surface area contributed by atoms with Crippen molar-refractivity contribution in [2.75, 3.05) is 31.5 Å². The number of amides is 1. The second kappa shape index (κ2) is 11.3. The van der Waals surface area contributed by atoms with Gasteiger partial charge in [-0.05, 0) is 48.5 Å². The van der Waals surface area contributed by atoms with E-state index in [9.17, 15) is 9.59 Å². The van der Waals surface area contributed by atoms with Crippen molar-refractivity contribution in [1.29, 1.82) is 5.41 Å². The van der Waals surface area contributed by atoms with Crippen LogP contribution in [-0.4, -0.2) is 48.9 Å². The van der Waals surface area contributed by atoms with Crippen LogP contribution in [0.4, 0.5) is 5.69 Å². The van der Waals surface area contributed by atoms with Gasteiger partial charge in [0.1, 0.15) is 5.75 Å². The normalized spacial score (nSPS) is 12.8. The van der Waals surface area contributed by atoms with Crippen LogP contribution >= 0.6 is 24.8 Å². The number of carbonyl (C=O) groups is 2. The van der Waals surface area contributed by atoms with Crippen LogP contribution in [0.1, 0.15) is 20.7 Å². The smallest absolute Gasteiger partial charge is 0.343 e. The Balaban J connectivity index is 0.00000210. The Kier molecular flexibility index (Phi) is 9.40. The number of guanidine groups is 1. The van der Waals surface area contributed by atoms with E-state index < -0.39 is 5.97 Å². The first-order chi connectivity index (χ1) is 13.0. The van der Waals surface area contributed by atoms with Gasteiger partial charge in [-0.25, -0.2) is 4.79 Å². The van der Waals surface area contributed by atoms with Crippen LogP contribution in [0, 0.1) is 5.41 Å². The number of carbonyl (C=O) groups excluding carboxylic acids is 2. The Bertz CT molecular complexity index is 838. The van der Waals surface area contributed by atoms with Crippen molar-refractivity contribution in [3.63, 3.8) is 0 Å². The van der Waals surface area contributed by atoms with Gasteiger partial charge in [-0.15, -0.1) is 24.8 Å². The number of hydrogen-bond acceptors (Lipinski definition) is 5. The maximum Gasteiger partial charge on any atom is 0.343 e. The summed E-state index contributed by atoms with van der Waals surface area (Å²) in [6, 6.07) is 13.0. The van der Waals surface area contributed by atoms with E-state index in [1.54, 1.807) is 53.4 Å². The molecule has 0 aromatic heterocycles. The molecule has 5 N–H and O–H groups in total. The van der Waals surface area contributed by atoms with Gasteiger partial charge in [0.15, 0.2) is 5.96 Å². The van der Waals surface area contributed by atoms with Crippen molar-refractivity contribution in [1.82, 2.24) is 10.2 Å². The molecule has 8 nitrogen and oxygen atoms in total. The van der Waals surface area contributed by atoms with Crippen molar-refractivity contribution in [3.8, 4) is 5.75 Å². The van der Waals surface area contributed by atoms with Gasteiger partial charge in [-0.2, -0.15) is 0 Å². The average molecular weight is 440 g/mol. The third-order valence-corrected chi connectivity index (χ3v) is 4.12. The highest BCUT2D eigenvalue weighted by molar-refractivity contribution is 5.95. The molecular formula is C19H23Cl2N5O3. The second-order valence-corrected chi connectivity index (χ2v) is 6.07. The molecule has 10 heteroatoms. The van der Waals surface area contributed by atoms with Crippen LogP contribution in [0.5, 0.6) is 5.75 Å². The van der Waals surface area contributed by atoms with Crippen LogP contribution in [0.2, 0.25) is 0 Å². The number of halogens is 2. The molecule has 1 amide bonds. The fraction of sp³-hybridized carbons (Fsp3) is 0.211. The number of rotatable bonds is 4. The highest BCUT2D eigenvalue weighted by Gasteiger charge is 2.18. The number of piperazine rings is 1. The summed E-state index contributed by atoms with van der Waals surface area (Å²) in [5, 5.41) is 13.0. The Labute approximate surface area is 181 Å². The van der Waals surface area contributed by atoms with E-state index >= 15 is 0 Å². The molecule has 0 saturated carbocycles. The lowest BCUT2D eigenvalue weighted by Gasteiger charge is -2.27. The first-order valence-corrected chi connectivity index (χ1v) is 8.56. The van der Waals surface area contributed by atoms with E-state index in [0.717, 1.165) is 13.1 Å². The second-order valence-electron chi connectivity index (χ2n) is 6.07. The van der Waals surface area contributed by atoms with Crippen molar-refractivity contribution in [3.05, 3.63) is 59.7 Å². The Morgan fingerprint density at radius 3 is 2.07 bits per heavy atom. The lowest BCUT2D eigenvalue weighted by Crippen LogP contribution is -2.46. The predicted octanol–water partition coefficient (Wildman–Crippen LogP) is 2.10. The number of benzene rings is 2. The molecule has 1 saturated heterocycles. The molecule has 3 rings (SSSR count). The minimum atomic E-state index is -0.509. The molecule has 0 spiro atoms. The molecule has 1 fully saturated rings. The zero-order valence-electron chi connectivity index (χ0n) is 15.5. The third kappa shape index (κ3) is 6.63. The van der Waals surface area contributed by atoms with E-state index in [1.165, 1.54) is 0 Å². The zero-order chi connectivity index (χ0) is 19.2. The number of nitrogens with zero attached hydrogens (tertiary/aromatic N) is 1. The number of nitrogens with two attached hydrogens (primary N) is 1. The van der Waals surface area contributed by atoms with Gasteiger partial charge in [0.25, 0.3) is 5.91 Å². The molecule has 0 atom stereocenters. The lowest BCUT2D eigenvalue weighted by molar-refractivity contribution is 0.0732. The summed E-state index contributed by atoms with van der Waals surface area (Å²) < 4.78 is 5.34. The first-order valence-electron chi connectivity index (χ1n) is 8.56. The van der Waals surface area contributed by atoms with Crippen LogP contribution in [-0.2, 0) is 0 Å². The molecule has 2 aromatic carbocycles. The van der Waals surface area contributed by atoms with E-state index in [-0.39, 0.29) is 36.7 Å². The standard InChI is InChI=1S/C19H21N5O3.2ClH/c20-19(21)23-15-5-1-14(2-6-15)18(26)27-16-7-3-13(4-8-16)17(25)24-11-9-22-10-12-24;;/h1-8,22H,9-12H2,(H4,20,21,23);2*1H. The van der Waals surface area contributed by atoms with Gasteiger partial charge in [0, 0.05) is 37.4 Å². The molecule has 1 aliphatic rings. The minimum absolute atomic E-state index is 0. The van der Waals surface area contributed by atoms with Crippen molar-refractivity contribution in [2.45, 2.75) is 0 Å². The summed E-state index contributed by atoms with van der Waals surface area (Å²) in [6.07, 6.45) is 0. The van der Waals surface area contributed by atoms with Gasteiger partial charge in [0.2, 0.25) is 0 Å². The largest absolute Gasteiger partial charge is 0.423 e. The van der Waals surface area contributed by atoms with Gasteiger partial charge in [-0.1, -0.05) is 0 Å². The molecule has 0 bridgehead atoms. The summed E-state index contributed by atoms with van der Waals surface area (Å²) >= 11 is 0. The Morgan fingerprint density at radius 1 is 0.966 bits per heavy atom. The predicted molar refractivity (Wildman–Crippen MR) is 117 cm³/mol. The highest BCUT2D eigenvalue weighted by atomic mass is 35.5. The maximum absolute atomic E-state index is 12.4. The maximum atomic E-state index is 12.4. The van der Waals surface area contributed by atoms with E-state index in [2.05, 4.69) is 10.6 Å². The number of esters is 1. The molecule has 1 heterocycles. The molecule has 0 radical (unpaired) electrons. The highest BCUT2D eigenvalue weighted by Crippen LogP contribution is 2.17. The zero-order valence-corrected chi connectivity index (χ0v) is 17.1. The fourth-order valence-corrected chi connectivity index (χ4v) is 2.73. The molecule has 0 aliphatic carbocycles. The number of nitrogens with one attached hydrogen (secondary N) is 3. The monoisotopic (exact) mass is 439 g/mol. The van der Waals surface area contributed by atoms with E-state index in [0.29, 0.717) is 35.7 Å². The summed E-state index contributed by atoms with van der Waals surface area (Å²) in [7, 11) is 0. The van der Waals surface area contributed by atoms with E-state index in [1.807, 2.05) is 0 Å².